The second kappa shape index (κ2) is 5.47. The van der Waals surface area contributed by atoms with Crippen molar-refractivity contribution in [3.63, 3.8) is 0 Å². The van der Waals surface area contributed by atoms with E-state index in [4.69, 9.17) is 16.3 Å². The van der Waals surface area contributed by atoms with Crippen LogP contribution in [-0.4, -0.2) is 42.1 Å². The monoisotopic (exact) mass is 254 g/mol. The zero-order chi connectivity index (χ0) is 12.3. The SMILES string of the molecule is COC1CCN(C(=O)c2ccnc(Cl)c2)CC1. The maximum atomic E-state index is 12.1. The number of carbonyl (C=O) groups excluding carboxylic acids is 1. The van der Waals surface area contributed by atoms with Crippen LogP contribution in [0.1, 0.15) is 23.2 Å². The molecular weight excluding hydrogens is 240 g/mol. The third-order valence-corrected chi connectivity index (χ3v) is 3.24. The topological polar surface area (TPSA) is 42.4 Å². The molecule has 92 valence electrons. The zero-order valence-corrected chi connectivity index (χ0v) is 10.5. The fourth-order valence-electron chi connectivity index (χ4n) is 2.01. The van der Waals surface area contributed by atoms with Gasteiger partial charge in [-0.2, -0.15) is 0 Å². The van der Waals surface area contributed by atoms with Crippen molar-refractivity contribution in [2.24, 2.45) is 0 Å². The first-order valence-electron chi connectivity index (χ1n) is 5.64. The minimum Gasteiger partial charge on any atom is -0.381 e. The number of nitrogens with zero attached hydrogens (tertiary/aromatic N) is 2. The van der Waals surface area contributed by atoms with Gasteiger partial charge in [0.15, 0.2) is 0 Å². The quantitative estimate of drug-likeness (QED) is 0.758. The summed E-state index contributed by atoms with van der Waals surface area (Å²) in [4.78, 5) is 17.8. The third kappa shape index (κ3) is 2.96. The summed E-state index contributed by atoms with van der Waals surface area (Å²) in [6, 6.07) is 3.29. The largest absolute Gasteiger partial charge is 0.381 e. The summed E-state index contributed by atoms with van der Waals surface area (Å²) in [5.74, 6) is 0.0175. The second-order valence-corrected chi connectivity index (χ2v) is 4.48. The van der Waals surface area contributed by atoms with E-state index in [0.717, 1.165) is 25.9 Å². The molecule has 1 fully saturated rings. The molecule has 0 unspecified atom stereocenters. The highest BCUT2D eigenvalue weighted by Gasteiger charge is 2.23. The van der Waals surface area contributed by atoms with E-state index in [1.54, 1.807) is 25.4 Å². The molecule has 0 bridgehead atoms. The van der Waals surface area contributed by atoms with Crippen LogP contribution in [0.25, 0.3) is 0 Å². The number of likely N-dealkylation sites (tertiary alicyclic amines) is 1. The average molecular weight is 255 g/mol. The van der Waals surface area contributed by atoms with Crippen LogP contribution in [0, 0.1) is 0 Å². The normalized spacial score (nSPS) is 17.2. The predicted molar refractivity (Wildman–Crippen MR) is 65.2 cm³/mol. The molecule has 0 atom stereocenters. The Kier molecular flexibility index (Phi) is 3.97. The lowest BCUT2D eigenvalue weighted by Crippen LogP contribution is -2.40. The van der Waals surface area contributed by atoms with Crippen LogP contribution in [-0.2, 0) is 4.74 Å². The standard InChI is InChI=1S/C12H15ClN2O2/c1-17-10-3-6-15(7-4-10)12(16)9-2-5-14-11(13)8-9/h2,5,8,10H,3-4,6-7H2,1H3. The molecule has 2 rings (SSSR count). The highest BCUT2D eigenvalue weighted by Crippen LogP contribution is 2.16. The van der Waals surface area contributed by atoms with Crippen LogP contribution < -0.4 is 0 Å². The number of halogens is 1. The number of piperidine rings is 1. The maximum absolute atomic E-state index is 12.1. The summed E-state index contributed by atoms with van der Waals surface area (Å²) >= 11 is 5.77. The Morgan fingerprint density at radius 2 is 2.24 bits per heavy atom. The van der Waals surface area contributed by atoms with Crippen LogP contribution in [0.4, 0.5) is 0 Å². The van der Waals surface area contributed by atoms with Crippen molar-refractivity contribution in [3.8, 4) is 0 Å². The van der Waals surface area contributed by atoms with Gasteiger partial charge in [0.1, 0.15) is 5.15 Å². The number of pyridine rings is 1. The van der Waals surface area contributed by atoms with Crippen molar-refractivity contribution < 1.29 is 9.53 Å². The molecule has 1 aromatic rings. The molecule has 0 aromatic carbocycles. The molecule has 0 aliphatic carbocycles. The van der Waals surface area contributed by atoms with E-state index in [2.05, 4.69) is 4.98 Å². The predicted octanol–water partition coefficient (Wildman–Crippen LogP) is 1.99. The molecule has 0 spiro atoms. The lowest BCUT2D eigenvalue weighted by molar-refractivity contribution is 0.0350. The number of rotatable bonds is 2. The van der Waals surface area contributed by atoms with Gasteiger partial charge in [-0.25, -0.2) is 4.98 Å². The van der Waals surface area contributed by atoms with Gasteiger partial charge in [0, 0.05) is 32.0 Å². The lowest BCUT2D eigenvalue weighted by Gasteiger charge is -2.31. The molecule has 0 radical (unpaired) electrons. The van der Waals surface area contributed by atoms with Crippen molar-refractivity contribution >= 4 is 17.5 Å². The van der Waals surface area contributed by atoms with E-state index in [1.165, 1.54) is 0 Å². The Balaban J connectivity index is 2.02. The third-order valence-electron chi connectivity index (χ3n) is 3.04. The van der Waals surface area contributed by atoms with E-state index < -0.39 is 0 Å². The van der Waals surface area contributed by atoms with Crippen molar-refractivity contribution in [1.29, 1.82) is 0 Å². The van der Waals surface area contributed by atoms with Crippen LogP contribution in [0.3, 0.4) is 0 Å². The minimum atomic E-state index is 0.0175. The van der Waals surface area contributed by atoms with Gasteiger partial charge in [-0.05, 0) is 25.0 Å². The van der Waals surface area contributed by atoms with Crippen LogP contribution in [0.5, 0.6) is 0 Å². The molecule has 4 nitrogen and oxygen atoms in total. The second-order valence-electron chi connectivity index (χ2n) is 4.09. The Labute approximate surface area is 106 Å². The van der Waals surface area contributed by atoms with Crippen molar-refractivity contribution in [1.82, 2.24) is 9.88 Å². The van der Waals surface area contributed by atoms with E-state index in [1.807, 2.05) is 4.90 Å². The van der Waals surface area contributed by atoms with E-state index in [9.17, 15) is 4.79 Å². The molecule has 1 amide bonds. The van der Waals surface area contributed by atoms with E-state index in [-0.39, 0.29) is 12.0 Å². The van der Waals surface area contributed by atoms with Gasteiger partial charge >= 0.3 is 0 Å². The van der Waals surface area contributed by atoms with Gasteiger partial charge in [-0.15, -0.1) is 0 Å². The molecule has 1 saturated heterocycles. The van der Waals surface area contributed by atoms with Gasteiger partial charge in [0.05, 0.1) is 6.10 Å². The average Bonchev–Trinajstić information content (AvgIpc) is 2.38. The molecule has 0 N–H and O–H groups in total. The summed E-state index contributed by atoms with van der Waals surface area (Å²) in [7, 11) is 1.71. The van der Waals surface area contributed by atoms with E-state index in [0.29, 0.717) is 10.7 Å². The molecular formula is C12H15ClN2O2. The Morgan fingerprint density at radius 1 is 1.53 bits per heavy atom. The Hall–Kier alpha value is -1.13. The summed E-state index contributed by atoms with van der Waals surface area (Å²) in [6.45, 7) is 1.47. The molecule has 1 aromatic heterocycles. The van der Waals surface area contributed by atoms with Crippen molar-refractivity contribution in [2.45, 2.75) is 18.9 Å². The fourth-order valence-corrected chi connectivity index (χ4v) is 2.19. The number of amides is 1. The number of ether oxygens (including phenoxy) is 1. The van der Waals surface area contributed by atoms with Gasteiger partial charge in [0.25, 0.3) is 5.91 Å². The number of carbonyl (C=O) groups is 1. The zero-order valence-electron chi connectivity index (χ0n) is 9.73. The van der Waals surface area contributed by atoms with Gasteiger partial charge in [0.2, 0.25) is 0 Å². The molecule has 0 saturated carbocycles. The van der Waals surface area contributed by atoms with Gasteiger partial charge in [-0.3, -0.25) is 4.79 Å². The number of hydrogen-bond acceptors (Lipinski definition) is 3. The van der Waals surface area contributed by atoms with Crippen LogP contribution in [0.15, 0.2) is 18.3 Å². The van der Waals surface area contributed by atoms with Gasteiger partial charge in [-0.1, -0.05) is 11.6 Å². The van der Waals surface area contributed by atoms with Gasteiger partial charge < -0.3 is 9.64 Å². The molecule has 2 heterocycles. The number of aromatic nitrogens is 1. The summed E-state index contributed by atoms with van der Waals surface area (Å²) < 4.78 is 5.27. The van der Waals surface area contributed by atoms with Crippen molar-refractivity contribution in [3.05, 3.63) is 29.0 Å². The Bertz CT molecular complexity index is 403. The molecule has 5 heteroatoms. The van der Waals surface area contributed by atoms with Crippen LogP contribution in [0.2, 0.25) is 5.15 Å². The minimum absolute atomic E-state index is 0.0175. The lowest BCUT2D eigenvalue weighted by atomic mass is 10.1. The van der Waals surface area contributed by atoms with Crippen molar-refractivity contribution in [2.75, 3.05) is 20.2 Å². The number of hydrogen-bond donors (Lipinski definition) is 0. The van der Waals surface area contributed by atoms with E-state index >= 15 is 0 Å². The first-order valence-corrected chi connectivity index (χ1v) is 6.02. The highest BCUT2D eigenvalue weighted by molar-refractivity contribution is 6.29. The summed E-state index contributed by atoms with van der Waals surface area (Å²) in [5.41, 5.74) is 0.598. The summed E-state index contributed by atoms with van der Waals surface area (Å²) in [6.07, 6.45) is 3.61. The number of methoxy groups -OCH3 is 1. The maximum Gasteiger partial charge on any atom is 0.254 e. The Morgan fingerprint density at radius 3 is 2.82 bits per heavy atom. The van der Waals surface area contributed by atoms with Crippen LogP contribution >= 0.6 is 11.6 Å². The molecule has 1 aliphatic rings. The molecule has 1 aliphatic heterocycles. The summed E-state index contributed by atoms with van der Waals surface area (Å²) in [5, 5.41) is 0.350. The first-order chi connectivity index (χ1) is 8.20. The first kappa shape index (κ1) is 12.3. The fraction of sp³-hybridized carbons (Fsp3) is 0.500. The smallest absolute Gasteiger partial charge is 0.254 e. The molecule has 17 heavy (non-hydrogen) atoms. The highest BCUT2D eigenvalue weighted by atomic mass is 35.5.